The summed E-state index contributed by atoms with van der Waals surface area (Å²) < 4.78 is 6.41. The Kier molecular flexibility index (Phi) is 4.38. The van der Waals surface area contributed by atoms with Crippen LogP contribution in [0, 0.1) is 0 Å². The second-order valence-corrected chi connectivity index (χ2v) is 5.24. The lowest BCUT2D eigenvalue weighted by Gasteiger charge is -2.11. The van der Waals surface area contributed by atoms with Gasteiger partial charge in [-0.2, -0.15) is 0 Å². The molecule has 0 fully saturated rings. The van der Waals surface area contributed by atoms with Crippen LogP contribution in [0.5, 0.6) is 5.75 Å². The molecule has 0 atom stereocenters. The van der Waals surface area contributed by atoms with Gasteiger partial charge in [0, 0.05) is 11.3 Å². The SMILES string of the molecule is Nc1cccc(OCc2cccc(Cl)c2Cl)c1Br. The number of nitrogen functional groups attached to an aromatic ring is 1. The van der Waals surface area contributed by atoms with Crippen molar-refractivity contribution in [2.75, 3.05) is 5.73 Å². The number of ether oxygens (including phenoxy) is 1. The quantitative estimate of drug-likeness (QED) is 0.801. The van der Waals surface area contributed by atoms with E-state index in [1.54, 1.807) is 12.1 Å². The highest BCUT2D eigenvalue weighted by Crippen LogP contribution is 2.32. The Morgan fingerprint density at radius 1 is 1.11 bits per heavy atom. The first kappa shape index (κ1) is 13.5. The van der Waals surface area contributed by atoms with Gasteiger partial charge >= 0.3 is 0 Å². The number of benzene rings is 2. The van der Waals surface area contributed by atoms with E-state index in [2.05, 4.69) is 15.9 Å². The molecule has 0 heterocycles. The van der Waals surface area contributed by atoms with Gasteiger partial charge in [0.25, 0.3) is 0 Å². The van der Waals surface area contributed by atoms with E-state index in [1.807, 2.05) is 24.3 Å². The van der Waals surface area contributed by atoms with Crippen LogP contribution in [-0.4, -0.2) is 0 Å². The van der Waals surface area contributed by atoms with Crippen molar-refractivity contribution < 1.29 is 4.74 Å². The van der Waals surface area contributed by atoms with Crippen molar-refractivity contribution in [1.29, 1.82) is 0 Å². The van der Waals surface area contributed by atoms with Gasteiger partial charge in [-0.25, -0.2) is 0 Å². The number of hydrogen-bond acceptors (Lipinski definition) is 2. The molecule has 2 nitrogen and oxygen atoms in total. The van der Waals surface area contributed by atoms with E-state index in [0.29, 0.717) is 28.1 Å². The summed E-state index contributed by atoms with van der Waals surface area (Å²) in [7, 11) is 0. The predicted octanol–water partition coefficient (Wildman–Crippen LogP) is 4.92. The first-order valence-corrected chi connectivity index (χ1v) is 6.74. The molecule has 0 bridgehead atoms. The van der Waals surface area contributed by atoms with Crippen molar-refractivity contribution in [2.24, 2.45) is 0 Å². The first-order valence-electron chi connectivity index (χ1n) is 5.19. The van der Waals surface area contributed by atoms with Gasteiger partial charge in [0.2, 0.25) is 0 Å². The van der Waals surface area contributed by atoms with Gasteiger partial charge < -0.3 is 10.5 Å². The second-order valence-electron chi connectivity index (χ2n) is 3.66. The van der Waals surface area contributed by atoms with Crippen molar-refractivity contribution in [3.05, 3.63) is 56.5 Å². The van der Waals surface area contributed by atoms with Gasteiger partial charge in [-0.3, -0.25) is 0 Å². The van der Waals surface area contributed by atoms with Gasteiger partial charge in [-0.1, -0.05) is 41.4 Å². The summed E-state index contributed by atoms with van der Waals surface area (Å²) in [5, 5.41) is 1.03. The molecule has 0 amide bonds. The summed E-state index contributed by atoms with van der Waals surface area (Å²) in [6.45, 7) is 0.335. The molecule has 18 heavy (non-hydrogen) atoms. The maximum Gasteiger partial charge on any atom is 0.136 e. The molecule has 5 heteroatoms. The van der Waals surface area contributed by atoms with E-state index in [4.69, 9.17) is 33.7 Å². The van der Waals surface area contributed by atoms with Gasteiger partial charge in [0.1, 0.15) is 12.4 Å². The van der Waals surface area contributed by atoms with Gasteiger partial charge in [0.05, 0.1) is 14.5 Å². The molecule has 0 aliphatic heterocycles. The molecule has 94 valence electrons. The van der Waals surface area contributed by atoms with Crippen molar-refractivity contribution in [1.82, 2.24) is 0 Å². The average molecular weight is 347 g/mol. The minimum Gasteiger partial charge on any atom is -0.488 e. The molecular weight excluding hydrogens is 337 g/mol. The van der Waals surface area contributed by atoms with Crippen molar-refractivity contribution in [3.8, 4) is 5.75 Å². The van der Waals surface area contributed by atoms with Crippen LogP contribution in [0.15, 0.2) is 40.9 Å². The third kappa shape index (κ3) is 2.91. The largest absolute Gasteiger partial charge is 0.488 e. The summed E-state index contributed by atoms with van der Waals surface area (Å²) in [6.07, 6.45) is 0. The van der Waals surface area contributed by atoms with E-state index < -0.39 is 0 Å². The molecular formula is C13H10BrCl2NO. The highest BCUT2D eigenvalue weighted by Gasteiger charge is 2.07. The lowest BCUT2D eigenvalue weighted by Crippen LogP contribution is -1.98. The zero-order valence-electron chi connectivity index (χ0n) is 9.29. The summed E-state index contributed by atoms with van der Waals surface area (Å²) in [5.74, 6) is 0.672. The molecule has 2 N–H and O–H groups in total. The highest BCUT2D eigenvalue weighted by atomic mass is 79.9. The van der Waals surface area contributed by atoms with E-state index >= 15 is 0 Å². The average Bonchev–Trinajstić information content (AvgIpc) is 2.36. The number of rotatable bonds is 3. The van der Waals surface area contributed by atoms with E-state index in [9.17, 15) is 0 Å². The highest BCUT2D eigenvalue weighted by molar-refractivity contribution is 9.10. The number of halogens is 3. The van der Waals surface area contributed by atoms with Crippen molar-refractivity contribution in [2.45, 2.75) is 6.61 Å². The fraction of sp³-hybridized carbons (Fsp3) is 0.0769. The molecule has 0 radical (unpaired) electrons. The Balaban J connectivity index is 2.17. The van der Waals surface area contributed by atoms with Gasteiger partial charge in [-0.05, 0) is 34.1 Å². The maximum atomic E-state index is 6.08. The van der Waals surface area contributed by atoms with E-state index in [-0.39, 0.29) is 0 Å². The fourth-order valence-corrected chi connectivity index (χ4v) is 2.21. The van der Waals surface area contributed by atoms with Crippen LogP contribution < -0.4 is 10.5 Å². The van der Waals surface area contributed by atoms with Crippen LogP contribution in [0.1, 0.15) is 5.56 Å². The first-order chi connectivity index (χ1) is 8.59. The zero-order chi connectivity index (χ0) is 13.1. The number of nitrogens with two attached hydrogens (primary N) is 1. The standard InChI is InChI=1S/C13H10BrCl2NO/c14-12-10(17)5-2-6-11(12)18-7-8-3-1-4-9(15)13(8)16/h1-6H,7,17H2. The predicted molar refractivity (Wildman–Crippen MR) is 79.3 cm³/mol. The minimum absolute atomic E-state index is 0.335. The lowest BCUT2D eigenvalue weighted by molar-refractivity contribution is 0.304. The van der Waals surface area contributed by atoms with Crippen LogP contribution in [0.2, 0.25) is 10.0 Å². The zero-order valence-corrected chi connectivity index (χ0v) is 12.4. The second kappa shape index (κ2) is 5.83. The van der Waals surface area contributed by atoms with Crippen LogP contribution in [-0.2, 0) is 6.61 Å². The van der Waals surface area contributed by atoms with Crippen molar-refractivity contribution >= 4 is 44.8 Å². The minimum atomic E-state index is 0.335. The smallest absolute Gasteiger partial charge is 0.136 e. The van der Waals surface area contributed by atoms with E-state index in [0.717, 1.165) is 10.0 Å². The fourth-order valence-electron chi connectivity index (χ4n) is 1.45. The van der Waals surface area contributed by atoms with Crippen LogP contribution in [0.3, 0.4) is 0 Å². The molecule has 0 spiro atoms. The van der Waals surface area contributed by atoms with Gasteiger partial charge in [-0.15, -0.1) is 0 Å². The van der Waals surface area contributed by atoms with Crippen LogP contribution in [0.4, 0.5) is 5.69 Å². The summed E-state index contributed by atoms with van der Waals surface area (Å²) in [5.41, 5.74) is 7.23. The third-order valence-electron chi connectivity index (χ3n) is 2.41. The topological polar surface area (TPSA) is 35.2 Å². The Morgan fingerprint density at radius 3 is 2.61 bits per heavy atom. The van der Waals surface area contributed by atoms with Crippen LogP contribution >= 0.6 is 39.1 Å². The summed E-state index contributed by atoms with van der Waals surface area (Å²) in [4.78, 5) is 0. The molecule has 2 aromatic rings. The Morgan fingerprint density at radius 2 is 1.83 bits per heavy atom. The molecule has 0 aliphatic rings. The third-order valence-corrected chi connectivity index (χ3v) is 4.11. The number of anilines is 1. The Bertz CT molecular complexity index is 523. The summed E-state index contributed by atoms with van der Waals surface area (Å²) >= 11 is 15.4. The molecule has 0 saturated carbocycles. The van der Waals surface area contributed by atoms with Gasteiger partial charge in [0.15, 0.2) is 0 Å². The Hall–Kier alpha value is -0.900. The lowest BCUT2D eigenvalue weighted by atomic mass is 10.2. The Labute approximate surface area is 124 Å². The van der Waals surface area contributed by atoms with Crippen LogP contribution in [0.25, 0.3) is 0 Å². The molecule has 0 aliphatic carbocycles. The molecule has 2 rings (SSSR count). The molecule has 0 aromatic heterocycles. The molecule has 0 unspecified atom stereocenters. The normalized spacial score (nSPS) is 10.4. The van der Waals surface area contributed by atoms with Crippen molar-refractivity contribution in [3.63, 3.8) is 0 Å². The number of hydrogen-bond donors (Lipinski definition) is 1. The molecule has 0 saturated heterocycles. The van der Waals surface area contributed by atoms with E-state index in [1.165, 1.54) is 0 Å². The molecule has 2 aromatic carbocycles. The maximum absolute atomic E-state index is 6.08. The summed E-state index contributed by atoms with van der Waals surface area (Å²) in [6, 6.07) is 10.9. The monoisotopic (exact) mass is 345 g/mol.